The number of carbonyl (C=O) groups is 1. The van der Waals surface area contributed by atoms with Gasteiger partial charge in [0.25, 0.3) is 5.91 Å². The van der Waals surface area contributed by atoms with Crippen LogP contribution < -0.4 is 10.6 Å². The van der Waals surface area contributed by atoms with Crippen molar-refractivity contribution in [2.45, 2.75) is 6.42 Å². The summed E-state index contributed by atoms with van der Waals surface area (Å²) in [4.78, 5) is 22.2. The fourth-order valence-electron chi connectivity index (χ4n) is 1.92. The van der Waals surface area contributed by atoms with Gasteiger partial charge in [-0.2, -0.15) is 0 Å². The molecule has 0 saturated carbocycles. The Bertz CT molecular complexity index is 662. The van der Waals surface area contributed by atoms with E-state index in [4.69, 9.17) is 0 Å². The second kappa shape index (κ2) is 8.19. The quantitative estimate of drug-likeness (QED) is 0.765. The van der Waals surface area contributed by atoms with Crippen molar-refractivity contribution in [3.8, 4) is 0 Å². The summed E-state index contributed by atoms with van der Waals surface area (Å²) >= 11 is 0. The second-order valence-corrected chi connectivity index (χ2v) is 5.28. The van der Waals surface area contributed by atoms with Crippen LogP contribution in [0.25, 0.3) is 0 Å². The second-order valence-electron chi connectivity index (χ2n) is 5.28. The first-order chi connectivity index (χ1) is 11.1. The first-order valence-electron chi connectivity index (χ1n) is 7.34. The first-order valence-corrected chi connectivity index (χ1v) is 7.34. The monoisotopic (exact) mass is 317 g/mol. The third-order valence-corrected chi connectivity index (χ3v) is 3.08. The standard InChI is InChI=1S/C16H20FN5O/c1-22(2)11-5-9-18-15(23)14-8-10-19-16(21-14)20-13-7-4-3-6-12(13)17/h3-4,6-8,10H,5,9,11H2,1-2H3,(H,18,23)(H,19,20,21). The summed E-state index contributed by atoms with van der Waals surface area (Å²) in [5.41, 5.74) is 0.500. The van der Waals surface area contributed by atoms with Gasteiger partial charge in [-0.1, -0.05) is 12.1 Å². The smallest absolute Gasteiger partial charge is 0.270 e. The minimum Gasteiger partial charge on any atom is -0.351 e. The van der Waals surface area contributed by atoms with Crippen LogP contribution >= 0.6 is 0 Å². The molecule has 122 valence electrons. The maximum absolute atomic E-state index is 13.6. The van der Waals surface area contributed by atoms with Crippen LogP contribution in [0.4, 0.5) is 16.0 Å². The molecule has 1 aromatic carbocycles. The molecule has 2 aromatic rings. The van der Waals surface area contributed by atoms with E-state index in [0.717, 1.165) is 13.0 Å². The molecule has 0 radical (unpaired) electrons. The molecule has 1 aromatic heterocycles. The van der Waals surface area contributed by atoms with Crippen molar-refractivity contribution in [2.75, 3.05) is 32.5 Å². The molecule has 0 aliphatic heterocycles. The van der Waals surface area contributed by atoms with Gasteiger partial charge in [-0.15, -0.1) is 0 Å². The first kappa shape index (κ1) is 16.8. The molecule has 2 N–H and O–H groups in total. The average Bonchev–Trinajstić information content (AvgIpc) is 2.54. The van der Waals surface area contributed by atoms with Crippen LogP contribution in [0, 0.1) is 5.82 Å². The van der Waals surface area contributed by atoms with Crippen LogP contribution in [0.5, 0.6) is 0 Å². The number of para-hydroxylation sites is 1. The predicted molar refractivity (Wildman–Crippen MR) is 87.2 cm³/mol. The summed E-state index contributed by atoms with van der Waals surface area (Å²) in [6.45, 7) is 1.46. The number of nitrogens with zero attached hydrogens (tertiary/aromatic N) is 3. The van der Waals surface area contributed by atoms with Gasteiger partial charge in [-0.3, -0.25) is 4.79 Å². The van der Waals surface area contributed by atoms with Crippen molar-refractivity contribution < 1.29 is 9.18 Å². The zero-order chi connectivity index (χ0) is 16.7. The fourth-order valence-corrected chi connectivity index (χ4v) is 1.92. The Kier molecular flexibility index (Phi) is 5.99. The molecule has 0 aliphatic rings. The van der Waals surface area contributed by atoms with E-state index in [1.807, 2.05) is 19.0 Å². The minimum atomic E-state index is -0.408. The third kappa shape index (κ3) is 5.30. The number of nitrogens with one attached hydrogen (secondary N) is 2. The summed E-state index contributed by atoms with van der Waals surface area (Å²) in [7, 11) is 3.96. The number of aromatic nitrogens is 2. The van der Waals surface area contributed by atoms with Crippen molar-refractivity contribution in [1.82, 2.24) is 20.2 Å². The van der Waals surface area contributed by atoms with Crippen molar-refractivity contribution >= 4 is 17.5 Å². The Morgan fingerprint density at radius 3 is 2.78 bits per heavy atom. The van der Waals surface area contributed by atoms with Gasteiger partial charge in [0, 0.05) is 12.7 Å². The third-order valence-electron chi connectivity index (χ3n) is 3.08. The number of hydrogen-bond acceptors (Lipinski definition) is 5. The Morgan fingerprint density at radius 1 is 1.26 bits per heavy atom. The molecule has 6 nitrogen and oxygen atoms in total. The van der Waals surface area contributed by atoms with E-state index < -0.39 is 5.82 Å². The molecule has 7 heteroatoms. The van der Waals surface area contributed by atoms with Gasteiger partial charge in [-0.25, -0.2) is 14.4 Å². The maximum Gasteiger partial charge on any atom is 0.270 e. The maximum atomic E-state index is 13.6. The van der Waals surface area contributed by atoms with Crippen LogP contribution in [-0.4, -0.2) is 48.0 Å². The molecule has 0 saturated heterocycles. The lowest BCUT2D eigenvalue weighted by atomic mass is 10.3. The van der Waals surface area contributed by atoms with Crippen molar-refractivity contribution in [3.63, 3.8) is 0 Å². The van der Waals surface area contributed by atoms with Crippen molar-refractivity contribution in [3.05, 3.63) is 48.0 Å². The number of amides is 1. The van der Waals surface area contributed by atoms with E-state index >= 15 is 0 Å². The van der Waals surface area contributed by atoms with Crippen LogP contribution in [0.2, 0.25) is 0 Å². The molecule has 0 aliphatic carbocycles. The summed E-state index contributed by atoms with van der Waals surface area (Å²) in [6.07, 6.45) is 2.31. The zero-order valence-electron chi connectivity index (χ0n) is 13.2. The minimum absolute atomic E-state index is 0.177. The molecule has 23 heavy (non-hydrogen) atoms. The molecule has 2 rings (SSSR count). The summed E-state index contributed by atoms with van der Waals surface area (Å²) in [6, 6.07) is 7.73. The van der Waals surface area contributed by atoms with E-state index in [0.29, 0.717) is 6.54 Å². The molecule has 0 bridgehead atoms. The highest BCUT2D eigenvalue weighted by molar-refractivity contribution is 5.92. The van der Waals surface area contributed by atoms with Gasteiger partial charge in [0.05, 0.1) is 5.69 Å². The van der Waals surface area contributed by atoms with E-state index in [-0.39, 0.29) is 23.2 Å². The lowest BCUT2D eigenvalue weighted by Gasteiger charge is -2.10. The Hall–Kier alpha value is -2.54. The lowest BCUT2D eigenvalue weighted by molar-refractivity contribution is 0.0947. The van der Waals surface area contributed by atoms with Crippen LogP contribution in [-0.2, 0) is 0 Å². The van der Waals surface area contributed by atoms with Gasteiger partial charge in [-0.05, 0) is 45.3 Å². The molecule has 0 atom stereocenters. The number of anilines is 2. The number of carbonyl (C=O) groups excluding carboxylic acids is 1. The van der Waals surface area contributed by atoms with E-state index in [2.05, 4.69) is 20.6 Å². The predicted octanol–water partition coefficient (Wildman–Crippen LogP) is 2.04. The van der Waals surface area contributed by atoms with E-state index in [1.165, 1.54) is 18.3 Å². The fraction of sp³-hybridized carbons (Fsp3) is 0.312. The molecule has 0 spiro atoms. The summed E-state index contributed by atoms with van der Waals surface area (Å²) < 4.78 is 13.6. The number of halogens is 1. The normalized spacial score (nSPS) is 10.6. The highest BCUT2D eigenvalue weighted by atomic mass is 19.1. The topological polar surface area (TPSA) is 70.2 Å². The van der Waals surface area contributed by atoms with Gasteiger partial charge >= 0.3 is 0 Å². The summed E-state index contributed by atoms with van der Waals surface area (Å²) in [5, 5.41) is 5.56. The highest BCUT2D eigenvalue weighted by Gasteiger charge is 2.09. The molecule has 0 fully saturated rings. The SMILES string of the molecule is CN(C)CCCNC(=O)c1ccnc(Nc2ccccc2F)n1. The average molecular weight is 317 g/mol. The van der Waals surface area contributed by atoms with Gasteiger partial charge < -0.3 is 15.5 Å². The lowest BCUT2D eigenvalue weighted by Crippen LogP contribution is -2.28. The van der Waals surface area contributed by atoms with Gasteiger partial charge in [0.2, 0.25) is 5.95 Å². The van der Waals surface area contributed by atoms with Crippen LogP contribution in [0.1, 0.15) is 16.9 Å². The largest absolute Gasteiger partial charge is 0.351 e. The molecule has 1 amide bonds. The Labute approximate surface area is 134 Å². The van der Waals surface area contributed by atoms with Gasteiger partial charge in [0.1, 0.15) is 11.5 Å². The van der Waals surface area contributed by atoms with Crippen LogP contribution in [0.3, 0.4) is 0 Å². The van der Waals surface area contributed by atoms with Gasteiger partial charge in [0.15, 0.2) is 0 Å². The molecular formula is C16H20FN5O. The Morgan fingerprint density at radius 2 is 2.04 bits per heavy atom. The zero-order valence-corrected chi connectivity index (χ0v) is 13.2. The summed E-state index contributed by atoms with van der Waals surface area (Å²) in [5.74, 6) is -0.506. The molecule has 1 heterocycles. The molecule has 0 unspecified atom stereocenters. The number of benzene rings is 1. The van der Waals surface area contributed by atoms with E-state index in [9.17, 15) is 9.18 Å². The highest BCUT2D eigenvalue weighted by Crippen LogP contribution is 2.16. The van der Waals surface area contributed by atoms with Crippen molar-refractivity contribution in [1.29, 1.82) is 0 Å². The van der Waals surface area contributed by atoms with E-state index in [1.54, 1.807) is 18.2 Å². The van der Waals surface area contributed by atoms with Crippen molar-refractivity contribution in [2.24, 2.45) is 0 Å². The number of rotatable bonds is 7. The number of hydrogen-bond donors (Lipinski definition) is 2. The molecular weight excluding hydrogens is 297 g/mol. The Balaban J connectivity index is 1.96. The van der Waals surface area contributed by atoms with Crippen LogP contribution in [0.15, 0.2) is 36.5 Å².